The molecule has 1 aromatic rings. The van der Waals surface area contributed by atoms with Crippen LogP contribution < -0.4 is 10.6 Å². The van der Waals surface area contributed by atoms with Crippen LogP contribution in [0.25, 0.3) is 0 Å². The van der Waals surface area contributed by atoms with Gasteiger partial charge in [-0.2, -0.15) is 0 Å². The fraction of sp³-hybridized carbons (Fsp3) is 0.545. The molecule has 0 radical (unpaired) electrons. The highest BCUT2D eigenvalue weighted by molar-refractivity contribution is 14.0. The van der Waals surface area contributed by atoms with Gasteiger partial charge in [-0.15, -0.1) is 24.0 Å². The first-order valence-electron chi connectivity index (χ1n) is 5.42. The van der Waals surface area contributed by atoms with Crippen molar-refractivity contribution in [2.75, 3.05) is 20.1 Å². The van der Waals surface area contributed by atoms with Crippen molar-refractivity contribution in [3.05, 3.63) is 24.5 Å². The number of guanidine groups is 1. The van der Waals surface area contributed by atoms with Gasteiger partial charge in [-0.3, -0.25) is 4.99 Å². The van der Waals surface area contributed by atoms with Gasteiger partial charge < -0.3 is 15.2 Å². The van der Waals surface area contributed by atoms with Crippen molar-refractivity contribution in [1.29, 1.82) is 0 Å². The zero-order chi connectivity index (χ0) is 10.9. The van der Waals surface area contributed by atoms with E-state index < -0.39 is 0 Å². The molecule has 0 saturated heterocycles. The fourth-order valence-electron chi connectivity index (χ4n) is 1.29. The van der Waals surface area contributed by atoms with Crippen LogP contribution in [0.2, 0.25) is 0 Å². The minimum Gasteiger partial charge on any atom is -0.356 e. The van der Waals surface area contributed by atoms with Gasteiger partial charge in [0.05, 0.1) is 0 Å². The second-order valence-corrected chi connectivity index (χ2v) is 3.35. The van der Waals surface area contributed by atoms with Gasteiger partial charge in [-0.05, 0) is 18.6 Å². The van der Waals surface area contributed by atoms with Crippen molar-refractivity contribution in [2.24, 2.45) is 4.99 Å². The first-order chi connectivity index (χ1) is 7.36. The first kappa shape index (κ1) is 15.3. The lowest BCUT2D eigenvalue weighted by Crippen LogP contribution is -2.39. The van der Waals surface area contributed by atoms with Crippen molar-refractivity contribution in [2.45, 2.75) is 19.9 Å². The third-order valence-corrected chi connectivity index (χ3v) is 2.09. The Morgan fingerprint density at radius 3 is 2.38 bits per heavy atom. The molecule has 0 aliphatic heterocycles. The molecule has 0 fully saturated rings. The van der Waals surface area contributed by atoms with Gasteiger partial charge in [-0.25, -0.2) is 0 Å². The van der Waals surface area contributed by atoms with E-state index >= 15 is 0 Å². The Morgan fingerprint density at radius 1 is 1.19 bits per heavy atom. The van der Waals surface area contributed by atoms with E-state index in [-0.39, 0.29) is 24.0 Å². The van der Waals surface area contributed by atoms with Crippen molar-refractivity contribution in [1.82, 2.24) is 15.2 Å². The Hall–Kier alpha value is -0.720. The van der Waals surface area contributed by atoms with Crippen molar-refractivity contribution in [3.8, 4) is 0 Å². The van der Waals surface area contributed by atoms with Gasteiger partial charge in [0.15, 0.2) is 5.96 Å². The van der Waals surface area contributed by atoms with Gasteiger partial charge in [0.1, 0.15) is 0 Å². The first-order valence-corrected chi connectivity index (χ1v) is 5.42. The summed E-state index contributed by atoms with van der Waals surface area (Å²) < 4.78 is 2.14. The van der Waals surface area contributed by atoms with E-state index in [1.165, 1.54) is 0 Å². The van der Waals surface area contributed by atoms with E-state index in [1.807, 2.05) is 12.1 Å². The number of nitrogens with one attached hydrogen (secondary N) is 2. The lowest BCUT2D eigenvalue weighted by Gasteiger charge is -2.11. The van der Waals surface area contributed by atoms with Crippen LogP contribution in [-0.2, 0) is 6.54 Å². The number of aliphatic imine (C=N–C) groups is 1. The standard InChI is InChI=1S/C11H20N4.HI/c1-3-6-13-11(12-2)14-7-10-15-8-4-5-9-15;/h4-5,8-9H,3,6-7,10H2,1-2H3,(H2,12,13,14);1H. The molecule has 0 amide bonds. The third-order valence-electron chi connectivity index (χ3n) is 2.09. The highest BCUT2D eigenvalue weighted by Gasteiger charge is 1.94. The predicted molar refractivity (Wildman–Crippen MR) is 79.5 cm³/mol. The minimum atomic E-state index is 0. The molecule has 0 unspecified atom stereocenters. The number of hydrogen-bond acceptors (Lipinski definition) is 1. The molecule has 0 atom stereocenters. The van der Waals surface area contributed by atoms with Gasteiger partial charge in [0.25, 0.3) is 0 Å². The predicted octanol–water partition coefficient (Wildman–Crippen LogP) is 1.68. The maximum atomic E-state index is 4.13. The second-order valence-electron chi connectivity index (χ2n) is 3.35. The second kappa shape index (κ2) is 9.50. The molecule has 1 rings (SSSR count). The van der Waals surface area contributed by atoms with Crippen LogP contribution in [0.1, 0.15) is 13.3 Å². The third kappa shape index (κ3) is 5.99. The largest absolute Gasteiger partial charge is 0.356 e. The number of rotatable bonds is 5. The molecular formula is C11H21IN4. The Kier molecular flexibility index (Phi) is 9.07. The number of aromatic nitrogens is 1. The van der Waals surface area contributed by atoms with E-state index in [0.717, 1.165) is 32.0 Å². The molecule has 1 heterocycles. The molecule has 92 valence electrons. The van der Waals surface area contributed by atoms with Crippen LogP contribution in [0.4, 0.5) is 0 Å². The Morgan fingerprint density at radius 2 is 1.81 bits per heavy atom. The summed E-state index contributed by atoms with van der Waals surface area (Å²) >= 11 is 0. The molecular weight excluding hydrogens is 315 g/mol. The summed E-state index contributed by atoms with van der Waals surface area (Å²) in [4.78, 5) is 4.13. The Labute approximate surface area is 115 Å². The maximum absolute atomic E-state index is 4.13. The lowest BCUT2D eigenvalue weighted by atomic mass is 10.5. The average molecular weight is 336 g/mol. The smallest absolute Gasteiger partial charge is 0.191 e. The monoisotopic (exact) mass is 336 g/mol. The summed E-state index contributed by atoms with van der Waals surface area (Å²) in [5.41, 5.74) is 0. The van der Waals surface area contributed by atoms with Crippen LogP contribution in [-0.4, -0.2) is 30.7 Å². The van der Waals surface area contributed by atoms with Crippen molar-refractivity contribution < 1.29 is 0 Å². The van der Waals surface area contributed by atoms with Gasteiger partial charge in [0.2, 0.25) is 0 Å². The zero-order valence-electron chi connectivity index (χ0n) is 9.94. The van der Waals surface area contributed by atoms with Gasteiger partial charge >= 0.3 is 0 Å². The fourth-order valence-corrected chi connectivity index (χ4v) is 1.29. The molecule has 0 spiro atoms. The highest BCUT2D eigenvalue weighted by atomic mass is 127. The SMILES string of the molecule is CCCNC(=NC)NCCn1cccc1.I. The van der Waals surface area contributed by atoms with Crippen molar-refractivity contribution >= 4 is 29.9 Å². The molecule has 0 aromatic carbocycles. The highest BCUT2D eigenvalue weighted by Crippen LogP contribution is 1.87. The molecule has 0 aliphatic rings. The lowest BCUT2D eigenvalue weighted by molar-refractivity contribution is 0.664. The van der Waals surface area contributed by atoms with Crippen LogP contribution in [0, 0.1) is 0 Å². The van der Waals surface area contributed by atoms with E-state index in [1.54, 1.807) is 7.05 Å². The van der Waals surface area contributed by atoms with Crippen LogP contribution in [0.15, 0.2) is 29.5 Å². The zero-order valence-corrected chi connectivity index (χ0v) is 12.3. The normalized spacial score (nSPS) is 10.8. The van der Waals surface area contributed by atoms with E-state index in [4.69, 9.17) is 0 Å². The minimum absolute atomic E-state index is 0. The van der Waals surface area contributed by atoms with Crippen LogP contribution in [0.5, 0.6) is 0 Å². The Balaban J connectivity index is 0.00000225. The van der Waals surface area contributed by atoms with Gasteiger partial charge in [-0.1, -0.05) is 6.92 Å². The summed E-state index contributed by atoms with van der Waals surface area (Å²) in [5.74, 6) is 0.879. The summed E-state index contributed by atoms with van der Waals surface area (Å²) in [7, 11) is 1.79. The molecule has 0 aliphatic carbocycles. The quantitative estimate of drug-likeness (QED) is 0.488. The van der Waals surface area contributed by atoms with E-state index in [2.05, 4.69) is 39.5 Å². The summed E-state index contributed by atoms with van der Waals surface area (Å²) in [6.45, 7) is 4.95. The summed E-state index contributed by atoms with van der Waals surface area (Å²) in [5, 5.41) is 6.49. The van der Waals surface area contributed by atoms with Crippen molar-refractivity contribution in [3.63, 3.8) is 0 Å². The molecule has 4 nitrogen and oxygen atoms in total. The van der Waals surface area contributed by atoms with E-state index in [9.17, 15) is 0 Å². The number of nitrogens with zero attached hydrogens (tertiary/aromatic N) is 2. The Bertz CT molecular complexity index is 282. The molecule has 0 bridgehead atoms. The van der Waals surface area contributed by atoms with E-state index in [0.29, 0.717) is 0 Å². The topological polar surface area (TPSA) is 41.4 Å². The number of halogens is 1. The van der Waals surface area contributed by atoms with Crippen LogP contribution in [0.3, 0.4) is 0 Å². The molecule has 16 heavy (non-hydrogen) atoms. The number of hydrogen-bond donors (Lipinski definition) is 2. The molecule has 5 heteroatoms. The summed E-state index contributed by atoms with van der Waals surface area (Å²) in [6.07, 6.45) is 5.23. The molecule has 1 aromatic heterocycles. The van der Waals surface area contributed by atoms with Gasteiger partial charge in [0, 0.05) is 39.1 Å². The molecule has 2 N–H and O–H groups in total. The maximum Gasteiger partial charge on any atom is 0.191 e. The summed E-state index contributed by atoms with van der Waals surface area (Å²) in [6, 6.07) is 4.06. The average Bonchev–Trinajstić information content (AvgIpc) is 2.76. The molecule has 0 saturated carbocycles. The van der Waals surface area contributed by atoms with Crippen LogP contribution >= 0.6 is 24.0 Å².